The summed E-state index contributed by atoms with van der Waals surface area (Å²) in [6, 6.07) is 0.923. The average Bonchev–Trinajstić information content (AvgIpc) is 2.75. The predicted octanol–water partition coefficient (Wildman–Crippen LogP) is 2.10. The molecule has 1 heterocycles. The molecule has 1 aliphatic carbocycles. The third-order valence-corrected chi connectivity index (χ3v) is 6.46. The molecule has 112 valence electrons. The van der Waals surface area contributed by atoms with Crippen LogP contribution in [0.4, 0.5) is 10.7 Å². The molecule has 1 aromatic rings. The molecule has 7 nitrogen and oxygen atoms in total. The molecular weight excluding hydrogens is 302 g/mol. The lowest BCUT2D eigenvalue weighted by Crippen LogP contribution is -2.36. The third-order valence-electron chi connectivity index (χ3n) is 3.52. The third kappa shape index (κ3) is 3.28. The zero-order chi connectivity index (χ0) is 14.9. The number of hydrogen-bond acceptors (Lipinski definition) is 6. The largest absolute Gasteiger partial charge is 0.385 e. The van der Waals surface area contributed by atoms with Crippen molar-refractivity contribution < 1.29 is 13.3 Å². The van der Waals surface area contributed by atoms with E-state index in [1.54, 1.807) is 0 Å². The van der Waals surface area contributed by atoms with Crippen LogP contribution in [0.2, 0.25) is 0 Å². The van der Waals surface area contributed by atoms with Crippen molar-refractivity contribution in [2.45, 2.75) is 42.9 Å². The molecular formula is C11H17N3O4S2. The summed E-state index contributed by atoms with van der Waals surface area (Å²) in [6.45, 7) is 2.15. The number of anilines is 1. The normalized spacial score (nSPS) is 23.6. The standard InChI is InChI=1S/C11H17N3O4S2/c1-7-2-4-8(5-3-7)13-20(17,18)10-6-9(14(15)16)11(12)19-10/h6-8,13H,2-5,12H2,1H3. The first-order valence-corrected chi connectivity index (χ1v) is 8.65. The van der Waals surface area contributed by atoms with Crippen LogP contribution in [0.1, 0.15) is 32.6 Å². The van der Waals surface area contributed by atoms with Gasteiger partial charge in [-0.2, -0.15) is 0 Å². The minimum absolute atomic E-state index is 0.0901. The molecule has 1 aromatic heterocycles. The number of nitro groups is 1. The van der Waals surface area contributed by atoms with Gasteiger partial charge in [0.15, 0.2) is 5.00 Å². The number of rotatable bonds is 4. The van der Waals surface area contributed by atoms with Crippen LogP contribution in [0, 0.1) is 16.0 Å². The Kier molecular flexibility index (Phi) is 4.31. The maximum Gasteiger partial charge on any atom is 0.304 e. The number of sulfonamides is 1. The summed E-state index contributed by atoms with van der Waals surface area (Å²) in [7, 11) is -3.73. The molecule has 9 heteroatoms. The minimum atomic E-state index is -3.73. The van der Waals surface area contributed by atoms with Gasteiger partial charge in [0.25, 0.3) is 10.0 Å². The van der Waals surface area contributed by atoms with Gasteiger partial charge in [0.05, 0.1) is 4.92 Å². The van der Waals surface area contributed by atoms with Crippen molar-refractivity contribution in [2.24, 2.45) is 5.92 Å². The fourth-order valence-electron chi connectivity index (χ4n) is 2.30. The Hall–Kier alpha value is -1.19. The molecule has 0 spiro atoms. The molecule has 0 saturated heterocycles. The number of nitrogens with zero attached hydrogens (tertiary/aromatic N) is 1. The van der Waals surface area contributed by atoms with Crippen molar-refractivity contribution >= 4 is 32.0 Å². The highest BCUT2D eigenvalue weighted by molar-refractivity contribution is 7.91. The van der Waals surface area contributed by atoms with Crippen LogP contribution < -0.4 is 10.5 Å². The van der Waals surface area contributed by atoms with Crippen LogP contribution in [0.3, 0.4) is 0 Å². The van der Waals surface area contributed by atoms with Crippen LogP contribution in [-0.2, 0) is 10.0 Å². The summed E-state index contributed by atoms with van der Waals surface area (Å²) in [4.78, 5) is 10.0. The van der Waals surface area contributed by atoms with E-state index in [9.17, 15) is 18.5 Å². The molecule has 1 aliphatic rings. The Bertz CT molecular complexity index is 603. The van der Waals surface area contributed by atoms with Gasteiger partial charge in [0, 0.05) is 12.1 Å². The lowest BCUT2D eigenvalue weighted by atomic mass is 9.88. The first-order valence-electron chi connectivity index (χ1n) is 6.35. The van der Waals surface area contributed by atoms with Gasteiger partial charge in [-0.1, -0.05) is 18.3 Å². The number of hydrogen-bond donors (Lipinski definition) is 2. The molecule has 0 atom stereocenters. The fourth-order valence-corrected chi connectivity index (χ4v) is 4.84. The summed E-state index contributed by atoms with van der Waals surface area (Å²) >= 11 is 0.724. The highest BCUT2D eigenvalue weighted by atomic mass is 32.2. The second kappa shape index (κ2) is 5.66. The van der Waals surface area contributed by atoms with Gasteiger partial charge in [0.1, 0.15) is 4.21 Å². The topological polar surface area (TPSA) is 115 Å². The van der Waals surface area contributed by atoms with Gasteiger partial charge in [-0.3, -0.25) is 10.1 Å². The molecule has 2 rings (SSSR count). The van der Waals surface area contributed by atoms with E-state index in [-0.39, 0.29) is 20.9 Å². The monoisotopic (exact) mass is 319 g/mol. The van der Waals surface area contributed by atoms with Crippen molar-refractivity contribution in [1.29, 1.82) is 0 Å². The highest BCUT2D eigenvalue weighted by Gasteiger charge is 2.28. The Morgan fingerprint density at radius 2 is 2.00 bits per heavy atom. The molecule has 0 amide bonds. The molecule has 0 bridgehead atoms. The lowest BCUT2D eigenvalue weighted by Gasteiger charge is -2.26. The van der Waals surface area contributed by atoms with Crippen molar-refractivity contribution in [2.75, 3.05) is 5.73 Å². The SMILES string of the molecule is CC1CCC(NS(=O)(=O)c2cc([N+](=O)[O-])c(N)s2)CC1. The Morgan fingerprint density at radius 3 is 2.50 bits per heavy atom. The van der Waals surface area contributed by atoms with Crippen molar-refractivity contribution in [1.82, 2.24) is 4.72 Å². The molecule has 20 heavy (non-hydrogen) atoms. The van der Waals surface area contributed by atoms with E-state index < -0.39 is 14.9 Å². The molecule has 0 radical (unpaired) electrons. The molecule has 0 unspecified atom stereocenters. The number of nitrogens with one attached hydrogen (secondary N) is 1. The second-order valence-corrected chi connectivity index (χ2v) is 8.17. The van der Waals surface area contributed by atoms with Gasteiger partial charge < -0.3 is 5.73 Å². The van der Waals surface area contributed by atoms with Crippen LogP contribution in [-0.4, -0.2) is 19.4 Å². The first-order chi connectivity index (χ1) is 9.29. The Labute approximate surface area is 121 Å². The van der Waals surface area contributed by atoms with Crippen molar-refractivity contribution in [3.05, 3.63) is 16.2 Å². The summed E-state index contributed by atoms with van der Waals surface area (Å²) in [5.74, 6) is 0.620. The van der Waals surface area contributed by atoms with Crippen molar-refractivity contribution in [3.8, 4) is 0 Å². The molecule has 0 aliphatic heterocycles. The summed E-state index contributed by atoms with van der Waals surface area (Å²) in [6.07, 6.45) is 3.56. The number of nitrogens with two attached hydrogens (primary N) is 1. The summed E-state index contributed by atoms with van der Waals surface area (Å²) in [5.41, 5.74) is 5.12. The smallest absolute Gasteiger partial charge is 0.304 e. The number of thiophene rings is 1. The van der Waals surface area contributed by atoms with Crippen LogP contribution in [0.15, 0.2) is 10.3 Å². The second-order valence-electron chi connectivity index (χ2n) is 5.15. The van der Waals surface area contributed by atoms with E-state index in [0.717, 1.165) is 43.1 Å². The summed E-state index contributed by atoms with van der Waals surface area (Å²) < 4.78 is 26.9. The lowest BCUT2D eigenvalue weighted by molar-refractivity contribution is -0.383. The van der Waals surface area contributed by atoms with Crippen LogP contribution in [0.25, 0.3) is 0 Å². The van der Waals surface area contributed by atoms with Gasteiger partial charge in [0.2, 0.25) is 0 Å². The maximum atomic E-state index is 12.2. The van der Waals surface area contributed by atoms with Crippen molar-refractivity contribution in [3.63, 3.8) is 0 Å². The van der Waals surface area contributed by atoms with Gasteiger partial charge in [-0.25, -0.2) is 13.1 Å². The highest BCUT2D eigenvalue weighted by Crippen LogP contribution is 2.35. The van der Waals surface area contributed by atoms with Crippen LogP contribution in [0.5, 0.6) is 0 Å². The average molecular weight is 319 g/mol. The van der Waals surface area contributed by atoms with Gasteiger partial charge in [-0.15, -0.1) is 0 Å². The van der Waals surface area contributed by atoms with Crippen LogP contribution >= 0.6 is 11.3 Å². The van der Waals surface area contributed by atoms with E-state index in [0.29, 0.717) is 5.92 Å². The van der Waals surface area contributed by atoms with Gasteiger partial charge >= 0.3 is 5.69 Å². The Morgan fingerprint density at radius 1 is 1.40 bits per heavy atom. The fraction of sp³-hybridized carbons (Fsp3) is 0.636. The Balaban J connectivity index is 2.14. The quantitative estimate of drug-likeness (QED) is 0.651. The van der Waals surface area contributed by atoms with E-state index in [2.05, 4.69) is 11.6 Å². The molecule has 0 aromatic carbocycles. The van der Waals surface area contributed by atoms with E-state index in [1.807, 2.05) is 0 Å². The van der Waals surface area contributed by atoms with E-state index in [4.69, 9.17) is 5.73 Å². The molecule has 1 fully saturated rings. The predicted molar refractivity (Wildman–Crippen MR) is 77.1 cm³/mol. The first kappa shape index (κ1) is 15.2. The molecule has 1 saturated carbocycles. The maximum absolute atomic E-state index is 12.2. The summed E-state index contributed by atoms with van der Waals surface area (Å²) in [5, 5.41) is 10.6. The zero-order valence-electron chi connectivity index (χ0n) is 11.0. The van der Waals surface area contributed by atoms with E-state index in [1.165, 1.54) is 0 Å². The zero-order valence-corrected chi connectivity index (χ0v) is 12.7. The molecule has 3 N–H and O–H groups in total. The number of nitrogen functional groups attached to an aromatic ring is 1. The minimum Gasteiger partial charge on any atom is -0.385 e. The van der Waals surface area contributed by atoms with Gasteiger partial charge in [-0.05, 0) is 31.6 Å². The van der Waals surface area contributed by atoms with E-state index >= 15 is 0 Å².